The number of thioether (sulfide) groups is 1. The van der Waals surface area contributed by atoms with Gasteiger partial charge in [0, 0.05) is 11.9 Å². The Hall–Kier alpha value is -0.670. The highest BCUT2D eigenvalue weighted by atomic mass is 35.5. The van der Waals surface area contributed by atoms with E-state index in [0.717, 1.165) is 17.0 Å². The molecule has 0 radical (unpaired) electrons. The topological polar surface area (TPSA) is 17.3 Å². The maximum absolute atomic E-state index is 5.96. The average Bonchev–Trinajstić information content (AvgIpc) is 2.46. The molecule has 13 heavy (non-hydrogen) atoms. The van der Waals surface area contributed by atoms with Crippen LogP contribution in [0.15, 0.2) is 24.4 Å². The Labute approximate surface area is 85.9 Å². The van der Waals surface area contributed by atoms with E-state index in [1.165, 1.54) is 0 Å². The summed E-state index contributed by atoms with van der Waals surface area (Å²) in [5.74, 6) is 0.903. The van der Waals surface area contributed by atoms with Gasteiger partial charge in [-0.3, -0.25) is 4.40 Å². The summed E-state index contributed by atoms with van der Waals surface area (Å²) < 4.78 is 1.90. The molecule has 0 fully saturated rings. The van der Waals surface area contributed by atoms with Crippen molar-refractivity contribution in [2.75, 3.05) is 6.26 Å². The average molecular weight is 213 g/mol. The van der Waals surface area contributed by atoms with E-state index in [2.05, 4.69) is 11.2 Å². The molecule has 2 nitrogen and oxygen atoms in total. The number of pyridine rings is 1. The summed E-state index contributed by atoms with van der Waals surface area (Å²) in [4.78, 5) is 4.29. The summed E-state index contributed by atoms with van der Waals surface area (Å²) in [7, 11) is 0. The van der Waals surface area contributed by atoms with Crippen molar-refractivity contribution in [3.05, 3.63) is 35.4 Å². The molecule has 0 saturated heterocycles. The van der Waals surface area contributed by atoms with Gasteiger partial charge in [-0.2, -0.15) is 11.8 Å². The number of aromatic nitrogens is 2. The van der Waals surface area contributed by atoms with E-state index in [1.54, 1.807) is 11.8 Å². The number of halogens is 1. The largest absolute Gasteiger partial charge is 0.290 e. The molecule has 0 spiro atoms. The minimum Gasteiger partial charge on any atom is -0.290 e. The molecule has 0 saturated carbocycles. The van der Waals surface area contributed by atoms with Gasteiger partial charge in [-0.15, -0.1) is 0 Å². The van der Waals surface area contributed by atoms with Gasteiger partial charge in [0.25, 0.3) is 0 Å². The molecule has 0 bridgehead atoms. The van der Waals surface area contributed by atoms with Crippen molar-refractivity contribution in [3.8, 4) is 0 Å². The molecule has 0 aliphatic rings. The molecule has 2 aromatic rings. The van der Waals surface area contributed by atoms with E-state index in [4.69, 9.17) is 11.6 Å². The van der Waals surface area contributed by atoms with Gasteiger partial charge in [0.1, 0.15) is 0 Å². The van der Waals surface area contributed by atoms with E-state index in [9.17, 15) is 0 Å². The smallest absolute Gasteiger partial charge is 0.207 e. The first-order chi connectivity index (χ1) is 6.33. The predicted octanol–water partition coefficient (Wildman–Crippen LogP) is 2.85. The third kappa shape index (κ3) is 1.54. The molecule has 4 heteroatoms. The summed E-state index contributed by atoms with van der Waals surface area (Å²) in [5.41, 5.74) is 2.15. The monoisotopic (exact) mass is 212 g/mol. The Bertz CT molecular complexity index is 424. The van der Waals surface area contributed by atoms with Gasteiger partial charge in [0.15, 0.2) is 0 Å². The summed E-state index contributed by atoms with van der Waals surface area (Å²) in [6, 6.07) is 5.98. The van der Waals surface area contributed by atoms with Crippen LogP contribution in [0.5, 0.6) is 0 Å². The van der Waals surface area contributed by atoms with Crippen LogP contribution in [0.1, 0.15) is 5.69 Å². The van der Waals surface area contributed by atoms with Gasteiger partial charge in [-0.1, -0.05) is 6.07 Å². The molecule has 2 aromatic heterocycles. The van der Waals surface area contributed by atoms with Crippen LogP contribution in [0.4, 0.5) is 0 Å². The SMILES string of the molecule is CSCc1nc(Cl)n2ccccc12. The van der Waals surface area contributed by atoms with Gasteiger partial charge < -0.3 is 0 Å². The molecular weight excluding hydrogens is 204 g/mol. The fourth-order valence-electron chi connectivity index (χ4n) is 1.30. The number of fused-ring (bicyclic) bond motifs is 1. The lowest BCUT2D eigenvalue weighted by Gasteiger charge is -1.94. The highest BCUT2D eigenvalue weighted by Crippen LogP contribution is 2.19. The lowest BCUT2D eigenvalue weighted by molar-refractivity contribution is 1.15. The molecule has 68 valence electrons. The Morgan fingerprint density at radius 1 is 1.54 bits per heavy atom. The summed E-state index contributed by atoms with van der Waals surface area (Å²) in [6.07, 6.45) is 3.98. The second-order valence-electron chi connectivity index (χ2n) is 2.72. The standard InChI is InChI=1S/C9H9ClN2S/c1-13-6-7-8-4-2-3-5-12(8)9(10)11-7/h2-5H,6H2,1H3. The van der Waals surface area contributed by atoms with Crippen LogP contribution in [0.3, 0.4) is 0 Å². The highest BCUT2D eigenvalue weighted by Gasteiger charge is 2.06. The third-order valence-electron chi connectivity index (χ3n) is 1.86. The van der Waals surface area contributed by atoms with Crippen LogP contribution < -0.4 is 0 Å². The minimum absolute atomic E-state index is 0.541. The van der Waals surface area contributed by atoms with Gasteiger partial charge >= 0.3 is 0 Å². The number of rotatable bonds is 2. The first-order valence-electron chi connectivity index (χ1n) is 3.93. The van der Waals surface area contributed by atoms with Crippen molar-refractivity contribution in [2.24, 2.45) is 0 Å². The zero-order valence-corrected chi connectivity index (χ0v) is 8.77. The van der Waals surface area contributed by atoms with Gasteiger partial charge in [0.05, 0.1) is 11.2 Å². The van der Waals surface area contributed by atoms with Crippen LogP contribution in [0, 0.1) is 0 Å². The highest BCUT2D eigenvalue weighted by molar-refractivity contribution is 7.97. The zero-order valence-electron chi connectivity index (χ0n) is 7.20. The molecule has 0 aliphatic heterocycles. The van der Waals surface area contributed by atoms with Crippen molar-refractivity contribution < 1.29 is 0 Å². The lowest BCUT2D eigenvalue weighted by Crippen LogP contribution is -1.82. The van der Waals surface area contributed by atoms with Gasteiger partial charge in [-0.25, -0.2) is 4.98 Å². The Balaban J connectivity index is 2.63. The minimum atomic E-state index is 0.541. The molecule has 2 heterocycles. The van der Waals surface area contributed by atoms with Gasteiger partial charge in [-0.05, 0) is 30.0 Å². The van der Waals surface area contributed by atoms with Crippen molar-refractivity contribution in [1.29, 1.82) is 0 Å². The number of nitrogens with zero attached hydrogens (tertiary/aromatic N) is 2. The Kier molecular flexibility index (Phi) is 2.47. The second kappa shape index (κ2) is 3.60. The van der Waals surface area contributed by atoms with Crippen LogP contribution >= 0.6 is 23.4 Å². The fourth-order valence-corrected chi connectivity index (χ4v) is 2.04. The third-order valence-corrected chi connectivity index (χ3v) is 2.69. The summed E-state index contributed by atoms with van der Waals surface area (Å²) in [6.45, 7) is 0. The normalized spacial score (nSPS) is 10.9. The van der Waals surface area contributed by atoms with Crippen molar-refractivity contribution >= 4 is 28.9 Å². The van der Waals surface area contributed by atoms with Crippen LogP contribution in [0.25, 0.3) is 5.52 Å². The second-order valence-corrected chi connectivity index (χ2v) is 3.92. The van der Waals surface area contributed by atoms with E-state index in [-0.39, 0.29) is 0 Å². The molecule has 0 aliphatic carbocycles. The van der Waals surface area contributed by atoms with Crippen molar-refractivity contribution in [2.45, 2.75) is 5.75 Å². The fraction of sp³-hybridized carbons (Fsp3) is 0.222. The Morgan fingerprint density at radius 3 is 3.15 bits per heavy atom. The Morgan fingerprint density at radius 2 is 2.38 bits per heavy atom. The van der Waals surface area contributed by atoms with Crippen molar-refractivity contribution in [1.82, 2.24) is 9.38 Å². The number of imidazole rings is 1. The molecule has 0 unspecified atom stereocenters. The molecule has 0 amide bonds. The predicted molar refractivity (Wildman–Crippen MR) is 57.4 cm³/mol. The van der Waals surface area contributed by atoms with E-state index in [1.807, 2.05) is 28.8 Å². The van der Waals surface area contributed by atoms with Crippen LogP contribution in [0.2, 0.25) is 5.28 Å². The molecule has 2 rings (SSSR count). The molecule has 0 aromatic carbocycles. The van der Waals surface area contributed by atoms with E-state index < -0.39 is 0 Å². The lowest BCUT2D eigenvalue weighted by atomic mass is 10.3. The van der Waals surface area contributed by atoms with E-state index >= 15 is 0 Å². The number of hydrogen-bond acceptors (Lipinski definition) is 2. The summed E-state index contributed by atoms with van der Waals surface area (Å²) in [5, 5.41) is 0.541. The molecular formula is C9H9ClN2S. The van der Waals surface area contributed by atoms with Crippen LogP contribution in [-0.4, -0.2) is 15.6 Å². The zero-order chi connectivity index (χ0) is 9.26. The quantitative estimate of drug-likeness (QED) is 0.762. The molecule has 0 atom stereocenters. The van der Waals surface area contributed by atoms with Crippen LogP contribution in [-0.2, 0) is 5.75 Å². The van der Waals surface area contributed by atoms with E-state index in [0.29, 0.717) is 5.28 Å². The maximum Gasteiger partial charge on any atom is 0.207 e. The van der Waals surface area contributed by atoms with Gasteiger partial charge in [0.2, 0.25) is 5.28 Å². The first kappa shape index (κ1) is 8.91. The first-order valence-corrected chi connectivity index (χ1v) is 5.70. The molecule has 0 N–H and O–H groups in total. The number of hydrogen-bond donors (Lipinski definition) is 0. The van der Waals surface area contributed by atoms with Crippen molar-refractivity contribution in [3.63, 3.8) is 0 Å². The maximum atomic E-state index is 5.96. The summed E-state index contributed by atoms with van der Waals surface area (Å²) >= 11 is 7.70.